The smallest absolute Gasteiger partial charge is 0.256 e. The van der Waals surface area contributed by atoms with E-state index in [9.17, 15) is 14.0 Å². The van der Waals surface area contributed by atoms with Gasteiger partial charge in [-0.25, -0.2) is 4.39 Å². The minimum Gasteiger partial charge on any atom is -0.336 e. The van der Waals surface area contributed by atoms with Crippen LogP contribution in [-0.2, 0) is 16.1 Å². The zero-order valence-electron chi connectivity index (χ0n) is 23.3. The van der Waals surface area contributed by atoms with Crippen molar-refractivity contribution >= 4 is 40.5 Å². The molecule has 41 heavy (non-hydrogen) atoms. The molecule has 9 heteroatoms. The summed E-state index contributed by atoms with van der Waals surface area (Å²) in [6.07, 6.45) is 0.779. The van der Waals surface area contributed by atoms with Crippen LogP contribution < -0.4 is 10.2 Å². The van der Waals surface area contributed by atoms with Crippen molar-refractivity contribution in [1.29, 1.82) is 0 Å². The molecule has 3 aromatic carbocycles. The van der Waals surface area contributed by atoms with E-state index >= 15 is 0 Å². The predicted octanol–water partition coefficient (Wildman–Crippen LogP) is 4.67. The number of carbonyl (C=O) groups is 2. The molecule has 1 unspecified atom stereocenters. The number of halogens is 1. The normalized spacial score (nSPS) is 18.2. The predicted molar refractivity (Wildman–Crippen MR) is 164 cm³/mol. The fourth-order valence-electron chi connectivity index (χ4n) is 5.42. The number of rotatable bonds is 10. The third-order valence-electron chi connectivity index (χ3n) is 7.70. The minimum absolute atomic E-state index is 0.0448. The van der Waals surface area contributed by atoms with Crippen molar-refractivity contribution in [2.75, 3.05) is 49.5 Å². The van der Waals surface area contributed by atoms with Gasteiger partial charge in [0, 0.05) is 45.0 Å². The van der Waals surface area contributed by atoms with Gasteiger partial charge in [0.2, 0.25) is 5.91 Å². The first-order valence-corrected chi connectivity index (χ1v) is 14.5. The molecule has 0 aliphatic carbocycles. The SMILES string of the molecule is Cc1ccc(N2C(=O)C(CC(=O)Nc3ccc(F)cc3)N(CCCN3CCN(Cc4ccccc4)CC3)C2=S)cc1. The van der Waals surface area contributed by atoms with Crippen molar-refractivity contribution in [1.82, 2.24) is 14.7 Å². The Hall–Kier alpha value is -3.66. The summed E-state index contributed by atoms with van der Waals surface area (Å²) in [5.41, 5.74) is 3.60. The lowest BCUT2D eigenvalue weighted by Gasteiger charge is -2.35. The lowest BCUT2D eigenvalue weighted by Crippen LogP contribution is -2.47. The molecule has 2 heterocycles. The number of piperazine rings is 1. The Bertz CT molecular complexity index is 1340. The average molecular weight is 574 g/mol. The zero-order chi connectivity index (χ0) is 28.8. The molecule has 0 radical (unpaired) electrons. The van der Waals surface area contributed by atoms with Crippen molar-refractivity contribution in [3.05, 3.63) is 95.8 Å². The summed E-state index contributed by atoms with van der Waals surface area (Å²) < 4.78 is 13.3. The summed E-state index contributed by atoms with van der Waals surface area (Å²) in [4.78, 5) is 35.0. The van der Waals surface area contributed by atoms with E-state index in [-0.39, 0.29) is 24.1 Å². The average Bonchev–Trinajstić information content (AvgIpc) is 3.20. The maximum absolute atomic E-state index is 13.6. The van der Waals surface area contributed by atoms with Crippen LogP contribution in [-0.4, -0.2) is 76.9 Å². The van der Waals surface area contributed by atoms with Crippen molar-refractivity contribution in [3.63, 3.8) is 0 Å². The van der Waals surface area contributed by atoms with E-state index in [0.717, 1.165) is 51.3 Å². The molecule has 1 N–H and O–H groups in total. The Kier molecular flexibility index (Phi) is 9.38. The summed E-state index contributed by atoms with van der Waals surface area (Å²) in [6.45, 7) is 8.45. The van der Waals surface area contributed by atoms with Crippen molar-refractivity contribution in [3.8, 4) is 0 Å². The number of nitrogens with one attached hydrogen (secondary N) is 1. The number of thiocarbonyl (C=S) groups is 1. The van der Waals surface area contributed by atoms with Crippen molar-refractivity contribution in [2.24, 2.45) is 0 Å². The summed E-state index contributed by atoms with van der Waals surface area (Å²) >= 11 is 5.81. The van der Waals surface area contributed by atoms with E-state index in [1.165, 1.54) is 29.8 Å². The van der Waals surface area contributed by atoms with Crippen LogP contribution in [0.15, 0.2) is 78.9 Å². The van der Waals surface area contributed by atoms with E-state index in [0.29, 0.717) is 23.0 Å². The molecule has 7 nitrogen and oxygen atoms in total. The van der Waals surface area contributed by atoms with Crippen LogP contribution >= 0.6 is 12.2 Å². The van der Waals surface area contributed by atoms with Gasteiger partial charge in [-0.05, 0) is 74.1 Å². The summed E-state index contributed by atoms with van der Waals surface area (Å²) in [7, 11) is 0. The molecule has 5 rings (SSSR count). The molecule has 2 saturated heterocycles. The highest BCUT2D eigenvalue weighted by Gasteiger charge is 2.43. The van der Waals surface area contributed by atoms with Gasteiger partial charge in [0.1, 0.15) is 11.9 Å². The quantitative estimate of drug-likeness (QED) is 0.356. The number of anilines is 2. The number of amides is 2. The van der Waals surface area contributed by atoms with Gasteiger partial charge in [-0.15, -0.1) is 0 Å². The van der Waals surface area contributed by atoms with Gasteiger partial charge in [-0.3, -0.25) is 19.4 Å². The number of hydrogen-bond acceptors (Lipinski definition) is 5. The summed E-state index contributed by atoms with van der Waals surface area (Å²) in [5.74, 6) is -0.900. The van der Waals surface area contributed by atoms with Gasteiger partial charge in [0.15, 0.2) is 5.11 Å². The minimum atomic E-state index is -0.702. The molecule has 0 aromatic heterocycles. The standard InChI is InChI=1S/C32H36FN5O2S/c1-24-8-14-28(15-9-24)38-31(40)29(22-30(39)34-27-12-10-26(33)11-13-27)37(32(38)41)17-5-16-35-18-20-36(21-19-35)23-25-6-3-2-4-7-25/h2-4,6-15,29H,5,16-23H2,1H3,(H,34,39). The number of benzene rings is 3. The van der Waals surface area contributed by atoms with Crippen LogP contribution in [0.1, 0.15) is 24.0 Å². The van der Waals surface area contributed by atoms with Crippen LogP contribution in [0.4, 0.5) is 15.8 Å². The van der Waals surface area contributed by atoms with Crippen molar-refractivity contribution < 1.29 is 14.0 Å². The molecule has 2 amide bonds. The number of carbonyl (C=O) groups excluding carboxylic acids is 2. The lowest BCUT2D eigenvalue weighted by atomic mass is 10.1. The topological polar surface area (TPSA) is 59.1 Å². The fraction of sp³-hybridized carbons (Fsp3) is 0.344. The molecule has 2 aliphatic heterocycles. The fourth-order valence-corrected chi connectivity index (χ4v) is 5.83. The maximum Gasteiger partial charge on any atom is 0.256 e. The van der Waals surface area contributed by atoms with Crippen LogP contribution in [0, 0.1) is 12.7 Å². The molecule has 0 spiro atoms. The molecule has 214 valence electrons. The lowest BCUT2D eigenvalue weighted by molar-refractivity contribution is -0.124. The first-order chi connectivity index (χ1) is 19.9. The Labute approximate surface area is 246 Å². The Morgan fingerprint density at radius 3 is 2.24 bits per heavy atom. The largest absolute Gasteiger partial charge is 0.336 e. The van der Waals surface area contributed by atoms with Crippen LogP contribution in [0.5, 0.6) is 0 Å². The van der Waals surface area contributed by atoms with E-state index in [1.807, 2.05) is 42.2 Å². The first-order valence-electron chi connectivity index (χ1n) is 14.1. The van der Waals surface area contributed by atoms with Gasteiger partial charge in [-0.1, -0.05) is 48.0 Å². The van der Waals surface area contributed by atoms with Gasteiger partial charge >= 0.3 is 0 Å². The van der Waals surface area contributed by atoms with Gasteiger partial charge in [0.25, 0.3) is 5.91 Å². The highest BCUT2D eigenvalue weighted by molar-refractivity contribution is 7.80. The van der Waals surface area contributed by atoms with Crippen LogP contribution in [0.2, 0.25) is 0 Å². The molecule has 2 fully saturated rings. The zero-order valence-corrected chi connectivity index (χ0v) is 24.2. The Morgan fingerprint density at radius 2 is 1.56 bits per heavy atom. The van der Waals surface area contributed by atoms with E-state index in [2.05, 4.69) is 39.4 Å². The molecular weight excluding hydrogens is 537 g/mol. The second-order valence-electron chi connectivity index (χ2n) is 10.7. The molecule has 3 aromatic rings. The van der Waals surface area contributed by atoms with E-state index in [1.54, 1.807) is 4.90 Å². The molecule has 0 bridgehead atoms. The Morgan fingerprint density at radius 1 is 0.902 bits per heavy atom. The molecule has 0 saturated carbocycles. The van der Waals surface area contributed by atoms with E-state index in [4.69, 9.17) is 12.2 Å². The van der Waals surface area contributed by atoms with Crippen LogP contribution in [0.3, 0.4) is 0 Å². The summed E-state index contributed by atoms with van der Waals surface area (Å²) in [5, 5.41) is 3.21. The van der Waals surface area contributed by atoms with Gasteiger partial charge in [0.05, 0.1) is 12.1 Å². The summed E-state index contributed by atoms with van der Waals surface area (Å²) in [6, 6.07) is 23.1. The second kappa shape index (κ2) is 13.3. The first kappa shape index (κ1) is 28.9. The van der Waals surface area contributed by atoms with Crippen molar-refractivity contribution in [2.45, 2.75) is 32.4 Å². The third-order valence-corrected chi connectivity index (χ3v) is 8.12. The molecule has 1 atom stereocenters. The highest BCUT2D eigenvalue weighted by Crippen LogP contribution is 2.28. The van der Waals surface area contributed by atoms with E-state index < -0.39 is 6.04 Å². The monoisotopic (exact) mass is 573 g/mol. The second-order valence-corrected chi connectivity index (χ2v) is 11.1. The number of aryl methyl sites for hydroxylation is 1. The number of nitrogens with zero attached hydrogens (tertiary/aromatic N) is 4. The molecule has 2 aliphatic rings. The maximum atomic E-state index is 13.6. The van der Waals surface area contributed by atoms with Crippen LogP contribution in [0.25, 0.3) is 0 Å². The highest BCUT2D eigenvalue weighted by atomic mass is 32.1. The Balaban J connectivity index is 1.20. The number of hydrogen-bond donors (Lipinski definition) is 1. The molecular formula is C32H36FN5O2S. The van der Waals surface area contributed by atoms with Gasteiger partial charge < -0.3 is 15.1 Å². The third kappa shape index (κ3) is 7.35. The van der Waals surface area contributed by atoms with Gasteiger partial charge in [-0.2, -0.15) is 0 Å².